The van der Waals surface area contributed by atoms with Gasteiger partial charge < -0.3 is 5.32 Å². The molecule has 0 radical (unpaired) electrons. The first-order valence-corrected chi connectivity index (χ1v) is 4.94. The van der Waals surface area contributed by atoms with E-state index in [2.05, 4.69) is 27.2 Å². The van der Waals surface area contributed by atoms with Crippen molar-refractivity contribution in [2.75, 3.05) is 7.05 Å². The summed E-state index contributed by atoms with van der Waals surface area (Å²) in [5, 5.41) is 3.68. The molecular weight excluding hydrogens is 249 g/mol. The summed E-state index contributed by atoms with van der Waals surface area (Å²) < 4.78 is 0.974. The summed E-state index contributed by atoms with van der Waals surface area (Å²) in [5.74, 6) is 2.62. The van der Waals surface area contributed by atoms with Crippen LogP contribution >= 0.6 is 27.5 Å². The van der Waals surface area contributed by atoms with Crippen LogP contribution in [-0.4, -0.2) is 7.05 Å². The van der Waals surface area contributed by atoms with Gasteiger partial charge in [-0.25, -0.2) is 0 Å². The molecule has 0 aromatic heterocycles. The fraction of sp³-hybridized carbons (Fsp3) is 0.200. The van der Waals surface area contributed by atoms with Crippen LogP contribution < -0.4 is 5.32 Å². The first-order chi connectivity index (χ1) is 6.19. The van der Waals surface area contributed by atoms with E-state index < -0.39 is 0 Å². The Kier molecular flexibility index (Phi) is 3.80. The maximum Gasteiger partial charge on any atom is 0.0955 e. The van der Waals surface area contributed by atoms with Gasteiger partial charge in [0.25, 0.3) is 0 Å². The Balaban J connectivity index is 3.13. The maximum absolute atomic E-state index is 5.99. The SMILES string of the molecule is C#CC(NC)c1cc(Br)ccc1Cl. The van der Waals surface area contributed by atoms with E-state index >= 15 is 0 Å². The lowest BCUT2D eigenvalue weighted by molar-refractivity contribution is 0.736. The quantitative estimate of drug-likeness (QED) is 0.804. The average Bonchev–Trinajstić information content (AvgIpc) is 2.13. The molecule has 0 heterocycles. The van der Waals surface area contributed by atoms with Crippen molar-refractivity contribution >= 4 is 27.5 Å². The second-order valence-corrected chi connectivity index (χ2v) is 3.88. The first-order valence-electron chi connectivity index (χ1n) is 3.77. The van der Waals surface area contributed by atoms with Crippen LogP contribution in [0.1, 0.15) is 11.6 Å². The molecule has 0 spiro atoms. The van der Waals surface area contributed by atoms with Gasteiger partial charge in [-0.1, -0.05) is 33.5 Å². The van der Waals surface area contributed by atoms with E-state index in [0.29, 0.717) is 5.02 Å². The standard InChI is InChI=1S/C10H9BrClN/c1-3-10(13-2)8-6-7(11)4-5-9(8)12/h1,4-6,10,13H,2H3. The third-order valence-electron chi connectivity index (χ3n) is 1.72. The van der Waals surface area contributed by atoms with Crippen LogP contribution in [0.2, 0.25) is 5.02 Å². The van der Waals surface area contributed by atoms with Gasteiger partial charge in [0, 0.05) is 15.1 Å². The predicted molar refractivity (Wildman–Crippen MR) is 59.8 cm³/mol. The second kappa shape index (κ2) is 4.66. The summed E-state index contributed by atoms with van der Waals surface area (Å²) in [6, 6.07) is 5.49. The van der Waals surface area contributed by atoms with Crippen molar-refractivity contribution in [2.24, 2.45) is 0 Å². The molecule has 68 valence electrons. The molecule has 0 aliphatic carbocycles. The maximum atomic E-state index is 5.99. The molecule has 3 heteroatoms. The molecule has 1 aromatic carbocycles. The first kappa shape index (κ1) is 10.6. The van der Waals surface area contributed by atoms with E-state index in [9.17, 15) is 0 Å². The number of halogens is 2. The van der Waals surface area contributed by atoms with Crippen LogP contribution in [0.5, 0.6) is 0 Å². The molecule has 1 aromatic rings. The highest BCUT2D eigenvalue weighted by atomic mass is 79.9. The minimum atomic E-state index is -0.134. The van der Waals surface area contributed by atoms with Gasteiger partial charge in [0.15, 0.2) is 0 Å². The molecule has 0 aliphatic heterocycles. The molecule has 1 atom stereocenters. The number of benzene rings is 1. The predicted octanol–water partition coefficient (Wildman–Crippen LogP) is 3.00. The molecule has 0 fully saturated rings. The normalized spacial score (nSPS) is 12.2. The highest BCUT2D eigenvalue weighted by Crippen LogP contribution is 2.25. The second-order valence-electron chi connectivity index (χ2n) is 2.55. The minimum Gasteiger partial charge on any atom is -0.303 e. The lowest BCUT2D eigenvalue weighted by atomic mass is 10.1. The van der Waals surface area contributed by atoms with E-state index in [1.807, 2.05) is 25.2 Å². The molecule has 0 saturated heterocycles. The highest BCUT2D eigenvalue weighted by molar-refractivity contribution is 9.10. The molecule has 0 bridgehead atoms. The van der Waals surface area contributed by atoms with Crippen LogP contribution in [0.25, 0.3) is 0 Å². The number of hydrogen-bond donors (Lipinski definition) is 1. The summed E-state index contributed by atoms with van der Waals surface area (Å²) in [6.45, 7) is 0. The Labute approximate surface area is 91.6 Å². The summed E-state index contributed by atoms with van der Waals surface area (Å²) >= 11 is 9.36. The zero-order valence-electron chi connectivity index (χ0n) is 7.14. The van der Waals surface area contributed by atoms with Gasteiger partial charge in [0.05, 0.1) is 6.04 Å². The van der Waals surface area contributed by atoms with Gasteiger partial charge in [-0.15, -0.1) is 6.42 Å². The van der Waals surface area contributed by atoms with Crippen molar-refractivity contribution in [2.45, 2.75) is 6.04 Å². The Morgan fingerprint density at radius 2 is 2.31 bits per heavy atom. The Bertz CT molecular complexity index is 343. The Morgan fingerprint density at radius 3 is 2.85 bits per heavy atom. The van der Waals surface area contributed by atoms with Crippen molar-refractivity contribution in [3.63, 3.8) is 0 Å². The van der Waals surface area contributed by atoms with Gasteiger partial charge in [-0.05, 0) is 25.2 Å². The van der Waals surface area contributed by atoms with E-state index in [-0.39, 0.29) is 6.04 Å². The summed E-state index contributed by atoms with van der Waals surface area (Å²) in [4.78, 5) is 0. The smallest absolute Gasteiger partial charge is 0.0955 e. The number of terminal acetylenes is 1. The summed E-state index contributed by atoms with van der Waals surface area (Å²) in [5.41, 5.74) is 0.918. The summed E-state index contributed by atoms with van der Waals surface area (Å²) in [7, 11) is 1.81. The fourth-order valence-corrected chi connectivity index (χ4v) is 1.67. The zero-order chi connectivity index (χ0) is 9.84. The third kappa shape index (κ3) is 2.47. The number of hydrogen-bond acceptors (Lipinski definition) is 1. The lowest BCUT2D eigenvalue weighted by Gasteiger charge is -2.11. The molecule has 0 aliphatic rings. The van der Waals surface area contributed by atoms with Crippen molar-refractivity contribution in [3.05, 3.63) is 33.3 Å². The van der Waals surface area contributed by atoms with Crippen LogP contribution in [0, 0.1) is 12.3 Å². The number of nitrogens with one attached hydrogen (secondary N) is 1. The lowest BCUT2D eigenvalue weighted by Crippen LogP contribution is -2.14. The zero-order valence-corrected chi connectivity index (χ0v) is 9.48. The monoisotopic (exact) mass is 257 g/mol. The van der Waals surface area contributed by atoms with Crippen LogP contribution in [0.4, 0.5) is 0 Å². The average molecular weight is 259 g/mol. The molecule has 1 nitrogen and oxygen atoms in total. The molecule has 1 N–H and O–H groups in total. The molecule has 1 unspecified atom stereocenters. The van der Waals surface area contributed by atoms with Crippen molar-refractivity contribution in [3.8, 4) is 12.3 Å². The molecule has 13 heavy (non-hydrogen) atoms. The van der Waals surface area contributed by atoms with E-state index in [1.165, 1.54) is 0 Å². The van der Waals surface area contributed by atoms with Crippen LogP contribution in [0.3, 0.4) is 0 Å². The van der Waals surface area contributed by atoms with Crippen molar-refractivity contribution in [1.82, 2.24) is 5.32 Å². The van der Waals surface area contributed by atoms with E-state index in [1.54, 1.807) is 0 Å². The third-order valence-corrected chi connectivity index (χ3v) is 2.56. The highest BCUT2D eigenvalue weighted by Gasteiger charge is 2.09. The number of rotatable bonds is 2. The topological polar surface area (TPSA) is 12.0 Å². The van der Waals surface area contributed by atoms with Gasteiger partial charge in [-0.2, -0.15) is 0 Å². The van der Waals surface area contributed by atoms with E-state index in [0.717, 1.165) is 10.0 Å². The molecule has 0 saturated carbocycles. The summed E-state index contributed by atoms with van der Waals surface area (Å²) in [6.07, 6.45) is 5.35. The minimum absolute atomic E-state index is 0.134. The molecular formula is C10H9BrClN. The van der Waals surface area contributed by atoms with Crippen molar-refractivity contribution < 1.29 is 0 Å². The molecule has 0 amide bonds. The Hall–Kier alpha value is -0.490. The van der Waals surface area contributed by atoms with Crippen LogP contribution in [0.15, 0.2) is 22.7 Å². The van der Waals surface area contributed by atoms with Gasteiger partial charge in [0.1, 0.15) is 0 Å². The van der Waals surface area contributed by atoms with E-state index in [4.69, 9.17) is 18.0 Å². The van der Waals surface area contributed by atoms with Gasteiger partial charge in [-0.3, -0.25) is 0 Å². The van der Waals surface area contributed by atoms with Crippen LogP contribution in [-0.2, 0) is 0 Å². The largest absolute Gasteiger partial charge is 0.303 e. The van der Waals surface area contributed by atoms with Crippen molar-refractivity contribution in [1.29, 1.82) is 0 Å². The van der Waals surface area contributed by atoms with Gasteiger partial charge in [0.2, 0.25) is 0 Å². The Morgan fingerprint density at radius 1 is 1.62 bits per heavy atom. The fourth-order valence-electron chi connectivity index (χ4n) is 1.06. The van der Waals surface area contributed by atoms with Gasteiger partial charge >= 0.3 is 0 Å². The molecule has 1 rings (SSSR count).